The van der Waals surface area contributed by atoms with Gasteiger partial charge < -0.3 is 4.74 Å². The van der Waals surface area contributed by atoms with E-state index in [1.807, 2.05) is 0 Å². The van der Waals surface area contributed by atoms with Crippen LogP contribution in [0, 0.1) is 6.92 Å². The first-order valence-electron chi connectivity index (χ1n) is 10.3. The van der Waals surface area contributed by atoms with Crippen molar-refractivity contribution in [2.24, 2.45) is 0 Å². The summed E-state index contributed by atoms with van der Waals surface area (Å²) >= 11 is 0. The zero-order valence-corrected chi connectivity index (χ0v) is 16.5. The van der Waals surface area contributed by atoms with E-state index in [1.165, 1.54) is 88.9 Å². The van der Waals surface area contributed by atoms with Crippen LogP contribution in [0.15, 0.2) is 24.3 Å². The number of carbonyl (C=O) groups is 1. The van der Waals surface area contributed by atoms with Crippen molar-refractivity contribution >= 4 is 5.97 Å². The first-order chi connectivity index (χ1) is 12.2. The second-order valence-corrected chi connectivity index (χ2v) is 7.30. The molecular formula is C23H38O2. The number of benzene rings is 1. The summed E-state index contributed by atoms with van der Waals surface area (Å²) in [5, 5.41) is 0. The van der Waals surface area contributed by atoms with Gasteiger partial charge in [-0.15, -0.1) is 0 Å². The largest absolute Gasteiger partial charge is 0.469 e. The van der Waals surface area contributed by atoms with E-state index in [2.05, 4.69) is 35.9 Å². The highest BCUT2D eigenvalue weighted by Crippen LogP contribution is 2.14. The third-order valence-electron chi connectivity index (χ3n) is 4.94. The van der Waals surface area contributed by atoms with Crippen molar-refractivity contribution < 1.29 is 9.53 Å². The molecule has 0 aliphatic rings. The summed E-state index contributed by atoms with van der Waals surface area (Å²) in [7, 11) is 1.46. The maximum atomic E-state index is 11.0. The summed E-state index contributed by atoms with van der Waals surface area (Å²) in [4.78, 5) is 11.0. The molecule has 0 saturated heterocycles. The lowest BCUT2D eigenvalue weighted by atomic mass is 10.0. The predicted molar refractivity (Wildman–Crippen MR) is 107 cm³/mol. The lowest BCUT2D eigenvalue weighted by Gasteiger charge is -2.04. The Bertz CT molecular complexity index is 436. The molecule has 0 bridgehead atoms. The third-order valence-corrected chi connectivity index (χ3v) is 4.94. The molecule has 2 heteroatoms. The molecule has 0 aliphatic heterocycles. The topological polar surface area (TPSA) is 26.3 Å². The van der Waals surface area contributed by atoms with Gasteiger partial charge in [0.1, 0.15) is 0 Å². The van der Waals surface area contributed by atoms with E-state index >= 15 is 0 Å². The molecule has 0 atom stereocenters. The van der Waals surface area contributed by atoms with Crippen LogP contribution in [0.2, 0.25) is 0 Å². The minimum atomic E-state index is -0.0705. The molecule has 0 radical (unpaired) electrons. The summed E-state index contributed by atoms with van der Waals surface area (Å²) in [6, 6.07) is 8.97. The van der Waals surface area contributed by atoms with Gasteiger partial charge in [-0.1, -0.05) is 94.0 Å². The molecule has 0 heterocycles. The van der Waals surface area contributed by atoms with Crippen molar-refractivity contribution in [2.45, 2.75) is 96.8 Å². The second kappa shape index (κ2) is 15.0. The fourth-order valence-corrected chi connectivity index (χ4v) is 3.22. The maximum absolute atomic E-state index is 11.0. The van der Waals surface area contributed by atoms with Crippen molar-refractivity contribution in [1.29, 1.82) is 0 Å². The standard InChI is InChI=1S/C23H38O2/c1-21-17-19-22(20-18-21)15-13-11-9-7-5-3-4-6-8-10-12-14-16-23(24)25-2/h17-20H,3-16H2,1-2H3. The quantitative estimate of drug-likeness (QED) is 0.258. The van der Waals surface area contributed by atoms with Gasteiger partial charge in [-0.25, -0.2) is 0 Å². The molecule has 0 amide bonds. The van der Waals surface area contributed by atoms with Crippen molar-refractivity contribution in [3.8, 4) is 0 Å². The van der Waals surface area contributed by atoms with Gasteiger partial charge in [-0.2, -0.15) is 0 Å². The number of carbonyl (C=O) groups excluding carboxylic acids is 1. The highest BCUT2D eigenvalue weighted by molar-refractivity contribution is 5.68. The summed E-state index contributed by atoms with van der Waals surface area (Å²) in [6.07, 6.45) is 17.5. The summed E-state index contributed by atoms with van der Waals surface area (Å²) in [5.74, 6) is -0.0705. The highest BCUT2D eigenvalue weighted by atomic mass is 16.5. The van der Waals surface area contributed by atoms with E-state index in [4.69, 9.17) is 0 Å². The van der Waals surface area contributed by atoms with Gasteiger partial charge in [0.15, 0.2) is 0 Å². The van der Waals surface area contributed by atoms with Crippen molar-refractivity contribution in [1.82, 2.24) is 0 Å². The molecule has 0 spiro atoms. The number of unbranched alkanes of at least 4 members (excludes halogenated alkanes) is 11. The second-order valence-electron chi connectivity index (χ2n) is 7.30. The van der Waals surface area contributed by atoms with E-state index < -0.39 is 0 Å². The Morgan fingerprint density at radius 2 is 1.16 bits per heavy atom. The first kappa shape index (κ1) is 21.7. The fourth-order valence-electron chi connectivity index (χ4n) is 3.22. The smallest absolute Gasteiger partial charge is 0.305 e. The van der Waals surface area contributed by atoms with Crippen LogP contribution in [0.3, 0.4) is 0 Å². The Morgan fingerprint density at radius 3 is 1.64 bits per heavy atom. The first-order valence-corrected chi connectivity index (χ1v) is 10.3. The van der Waals surface area contributed by atoms with Crippen LogP contribution in [0.25, 0.3) is 0 Å². The molecule has 25 heavy (non-hydrogen) atoms. The van der Waals surface area contributed by atoms with Gasteiger partial charge in [0, 0.05) is 6.42 Å². The van der Waals surface area contributed by atoms with Gasteiger partial charge in [-0.05, 0) is 31.7 Å². The van der Waals surface area contributed by atoms with E-state index in [1.54, 1.807) is 0 Å². The number of hydrogen-bond acceptors (Lipinski definition) is 2. The van der Waals surface area contributed by atoms with Gasteiger partial charge in [0.25, 0.3) is 0 Å². The molecule has 1 aromatic rings. The van der Waals surface area contributed by atoms with E-state index in [0.717, 1.165) is 12.8 Å². The number of methoxy groups -OCH3 is 1. The summed E-state index contributed by atoms with van der Waals surface area (Å²) in [5.41, 5.74) is 2.84. The Hall–Kier alpha value is -1.31. The van der Waals surface area contributed by atoms with Gasteiger partial charge in [0.2, 0.25) is 0 Å². The van der Waals surface area contributed by atoms with Gasteiger partial charge in [0.05, 0.1) is 7.11 Å². The van der Waals surface area contributed by atoms with Crippen molar-refractivity contribution in [3.05, 3.63) is 35.4 Å². The normalized spacial score (nSPS) is 10.8. The van der Waals surface area contributed by atoms with Crippen LogP contribution >= 0.6 is 0 Å². The number of hydrogen-bond donors (Lipinski definition) is 0. The minimum Gasteiger partial charge on any atom is -0.469 e. The molecule has 2 nitrogen and oxygen atoms in total. The average molecular weight is 347 g/mol. The molecule has 0 N–H and O–H groups in total. The maximum Gasteiger partial charge on any atom is 0.305 e. The predicted octanol–water partition coefficient (Wildman–Crippen LogP) is 6.78. The molecule has 142 valence electrons. The molecular weight excluding hydrogens is 308 g/mol. The van der Waals surface area contributed by atoms with E-state index in [9.17, 15) is 4.79 Å². The molecule has 0 saturated carbocycles. The van der Waals surface area contributed by atoms with Gasteiger partial charge >= 0.3 is 5.97 Å². The third kappa shape index (κ3) is 12.7. The van der Waals surface area contributed by atoms with Crippen LogP contribution < -0.4 is 0 Å². The molecule has 0 fully saturated rings. The molecule has 1 rings (SSSR count). The number of ether oxygens (including phenoxy) is 1. The molecule has 1 aromatic carbocycles. The number of esters is 1. The Kier molecular flexibility index (Phi) is 13.0. The van der Waals surface area contributed by atoms with Crippen LogP contribution in [0.4, 0.5) is 0 Å². The number of aryl methyl sites for hydroxylation is 2. The SMILES string of the molecule is COC(=O)CCCCCCCCCCCCCCc1ccc(C)cc1. The zero-order valence-electron chi connectivity index (χ0n) is 16.5. The van der Waals surface area contributed by atoms with Crippen molar-refractivity contribution in [3.63, 3.8) is 0 Å². The Balaban J connectivity index is 1.77. The fraction of sp³-hybridized carbons (Fsp3) is 0.696. The minimum absolute atomic E-state index is 0.0705. The lowest BCUT2D eigenvalue weighted by molar-refractivity contribution is -0.140. The van der Waals surface area contributed by atoms with Crippen LogP contribution in [0.5, 0.6) is 0 Å². The molecule has 0 unspecified atom stereocenters. The van der Waals surface area contributed by atoms with E-state index in [-0.39, 0.29) is 5.97 Å². The highest BCUT2D eigenvalue weighted by Gasteiger charge is 1.99. The summed E-state index contributed by atoms with van der Waals surface area (Å²) < 4.78 is 4.65. The summed E-state index contributed by atoms with van der Waals surface area (Å²) in [6.45, 7) is 2.15. The van der Waals surface area contributed by atoms with Crippen LogP contribution in [-0.2, 0) is 16.0 Å². The van der Waals surface area contributed by atoms with Crippen molar-refractivity contribution in [2.75, 3.05) is 7.11 Å². The molecule has 0 aromatic heterocycles. The zero-order chi connectivity index (χ0) is 18.2. The van der Waals surface area contributed by atoms with Gasteiger partial charge in [-0.3, -0.25) is 4.79 Å². The average Bonchev–Trinajstić information content (AvgIpc) is 2.63. The Labute approximate surface area is 155 Å². The monoisotopic (exact) mass is 346 g/mol. The van der Waals surface area contributed by atoms with Crippen LogP contribution in [0.1, 0.15) is 94.6 Å². The molecule has 0 aliphatic carbocycles. The van der Waals surface area contributed by atoms with E-state index in [0.29, 0.717) is 6.42 Å². The Morgan fingerprint density at radius 1 is 0.720 bits per heavy atom. The number of rotatable bonds is 15. The lowest BCUT2D eigenvalue weighted by Crippen LogP contribution is -1.99. The van der Waals surface area contributed by atoms with Crippen LogP contribution in [-0.4, -0.2) is 13.1 Å².